The van der Waals surface area contributed by atoms with Crippen molar-refractivity contribution in [2.75, 3.05) is 0 Å². The van der Waals surface area contributed by atoms with Gasteiger partial charge in [-0.2, -0.15) is 0 Å². The Labute approximate surface area is 117 Å². The first-order valence-corrected chi connectivity index (χ1v) is 6.62. The molecule has 2 nitrogen and oxygen atoms in total. The van der Waals surface area contributed by atoms with Gasteiger partial charge in [0.05, 0.1) is 0 Å². The molecule has 0 radical (unpaired) electrons. The molecule has 0 amide bonds. The summed E-state index contributed by atoms with van der Waals surface area (Å²) in [5, 5.41) is 0.419. The van der Waals surface area contributed by atoms with Crippen molar-refractivity contribution >= 4 is 11.6 Å². The highest BCUT2D eigenvalue weighted by Gasteiger charge is 2.15. The maximum atomic E-state index is 13.8. The number of benzene rings is 1. The molecule has 1 aromatic heterocycles. The van der Waals surface area contributed by atoms with E-state index in [1.54, 1.807) is 24.5 Å². The number of pyridine rings is 1. The number of rotatable bonds is 4. The smallest absolute Gasteiger partial charge is 0.127 e. The Balaban J connectivity index is 2.28. The number of aryl methyl sites for hydroxylation is 1. The van der Waals surface area contributed by atoms with Crippen LogP contribution in [0.4, 0.5) is 4.39 Å². The molecule has 1 aromatic carbocycles. The van der Waals surface area contributed by atoms with Crippen LogP contribution in [-0.4, -0.2) is 4.98 Å². The van der Waals surface area contributed by atoms with Crippen LogP contribution in [0.25, 0.3) is 0 Å². The summed E-state index contributed by atoms with van der Waals surface area (Å²) in [6.07, 6.45) is 4.74. The Morgan fingerprint density at radius 2 is 2.16 bits per heavy atom. The number of nitrogens with two attached hydrogens (primary N) is 1. The van der Waals surface area contributed by atoms with Crippen molar-refractivity contribution in [3.63, 3.8) is 0 Å². The van der Waals surface area contributed by atoms with Gasteiger partial charge in [0.15, 0.2) is 0 Å². The van der Waals surface area contributed by atoms with E-state index < -0.39 is 0 Å². The first-order valence-electron chi connectivity index (χ1n) is 6.24. The molecule has 2 rings (SSSR count). The molecule has 1 atom stereocenters. The second-order valence-electron chi connectivity index (χ2n) is 4.44. The highest BCUT2D eigenvalue weighted by molar-refractivity contribution is 6.31. The van der Waals surface area contributed by atoms with Gasteiger partial charge in [-0.25, -0.2) is 4.39 Å². The summed E-state index contributed by atoms with van der Waals surface area (Å²) in [7, 11) is 0. The van der Waals surface area contributed by atoms with E-state index in [0.29, 0.717) is 17.0 Å². The molecule has 0 saturated carbocycles. The van der Waals surface area contributed by atoms with Crippen molar-refractivity contribution in [2.45, 2.75) is 25.8 Å². The van der Waals surface area contributed by atoms with Gasteiger partial charge < -0.3 is 5.73 Å². The third kappa shape index (κ3) is 3.11. The van der Waals surface area contributed by atoms with Crippen LogP contribution < -0.4 is 5.73 Å². The molecule has 4 heteroatoms. The molecule has 1 unspecified atom stereocenters. The van der Waals surface area contributed by atoms with Crippen LogP contribution in [0.2, 0.25) is 5.02 Å². The van der Waals surface area contributed by atoms with E-state index in [1.807, 2.05) is 13.0 Å². The van der Waals surface area contributed by atoms with Crippen LogP contribution in [0.1, 0.15) is 29.7 Å². The van der Waals surface area contributed by atoms with E-state index in [0.717, 1.165) is 17.5 Å². The summed E-state index contributed by atoms with van der Waals surface area (Å²) in [5.74, 6) is -0.310. The fourth-order valence-electron chi connectivity index (χ4n) is 2.15. The highest BCUT2D eigenvalue weighted by atomic mass is 35.5. The van der Waals surface area contributed by atoms with E-state index in [1.165, 1.54) is 6.07 Å². The molecule has 0 aliphatic rings. The summed E-state index contributed by atoms with van der Waals surface area (Å²) in [5.41, 5.74) is 8.74. The molecule has 1 heterocycles. The summed E-state index contributed by atoms with van der Waals surface area (Å²) < 4.78 is 13.8. The minimum absolute atomic E-state index is 0.285. The van der Waals surface area contributed by atoms with Gasteiger partial charge in [-0.15, -0.1) is 0 Å². The molecule has 100 valence electrons. The normalized spacial score (nSPS) is 12.4. The maximum absolute atomic E-state index is 13.8. The summed E-state index contributed by atoms with van der Waals surface area (Å²) >= 11 is 6.03. The lowest BCUT2D eigenvalue weighted by Crippen LogP contribution is -2.16. The zero-order valence-corrected chi connectivity index (χ0v) is 11.5. The van der Waals surface area contributed by atoms with Crippen molar-refractivity contribution in [1.82, 2.24) is 4.98 Å². The highest BCUT2D eigenvalue weighted by Crippen LogP contribution is 2.26. The fraction of sp³-hybridized carbons (Fsp3) is 0.267. The van der Waals surface area contributed by atoms with E-state index in [-0.39, 0.29) is 11.9 Å². The average Bonchev–Trinajstić information content (AvgIpc) is 2.42. The van der Waals surface area contributed by atoms with Crippen LogP contribution in [0.3, 0.4) is 0 Å². The first kappa shape index (κ1) is 14.0. The van der Waals surface area contributed by atoms with Gasteiger partial charge in [0.2, 0.25) is 0 Å². The molecule has 19 heavy (non-hydrogen) atoms. The topological polar surface area (TPSA) is 38.9 Å². The third-order valence-electron chi connectivity index (χ3n) is 3.21. The van der Waals surface area contributed by atoms with Gasteiger partial charge in [0.1, 0.15) is 5.82 Å². The lowest BCUT2D eigenvalue weighted by atomic mass is 9.95. The third-order valence-corrected chi connectivity index (χ3v) is 3.56. The summed E-state index contributed by atoms with van der Waals surface area (Å²) in [6.45, 7) is 2.04. The zero-order chi connectivity index (χ0) is 13.8. The Kier molecular flexibility index (Phi) is 4.51. The predicted molar refractivity (Wildman–Crippen MR) is 75.7 cm³/mol. The van der Waals surface area contributed by atoms with Crippen molar-refractivity contribution in [1.29, 1.82) is 0 Å². The molecule has 0 aliphatic carbocycles. The van der Waals surface area contributed by atoms with Gasteiger partial charge in [-0.05, 0) is 42.2 Å². The summed E-state index contributed by atoms with van der Waals surface area (Å²) in [6, 6.07) is 6.28. The minimum atomic E-state index is -0.310. The fourth-order valence-corrected chi connectivity index (χ4v) is 2.39. The molecule has 0 bridgehead atoms. The SMILES string of the molecule is CCc1cnccc1C(N)Cc1c(F)cccc1Cl. The number of nitrogens with zero attached hydrogens (tertiary/aromatic N) is 1. The molecule has 0 aliphatic heterocycles. The van der Waals surface area contributed by atoms with E-state index in [2.05, 4.69) is 4.98 Å². The predicted octanol–water partition coefficient (Wildman–Crippen LogP) is 3.68. The van der Waals surface area contributed by atoms with E-state index >= 15 is 0 Å². The standard InChI is InChI=1S/C15H16ClFN2/c1-2-10-9-19-7-6-11(10)15(18)8-12-13(16)4-3-5-14(12)17/h3-7,9,15H,2,8,18H2,1H3. The minimum Gasteiger partial charge on any atom is -0.324 e. The quantitative estimate of drug-likeness (QED) is 0.927. The lowest BCUT2D eigenvalue weighted by Gasteiger charge is -2.16. The molecule has 0 saturated heterocycles. The lowest BCUT2D eigenvalue weighted by molar-refractivity contribution is 0.592. The average molecular weight is 279 g/mol. The van der Waals surface area contributed by atoms with Crippen LogP contribution in [0.15, 0.2) is 36.7 Å². The number of aromatic nitrogens is 1. The van der Waals surface area contributed by atoms with Crippen LogP contribution in [-0.2, 0) is 12.8 Å². The molecule has 2 aromatic rings. The van der Waals surface area contributed by atoms with Crippen molar-refractivity contribution in [2.24, 2.45) is 5.73 Å². The van der Waals surface area contributed by atoms with Crippen LogP contribution >= 0.6 is 11.6 Å². The molecule has 0 spiro atoms. The molecule has 2 N–H and O–H groups in total. The zero-order valence-electron chi connectivity index (χ0n) is 10.7. The Morgan fingerprint density at radius 3 is 2.84 bits per heavy atom. The second-order valence-corrected chi connectivity index (χ2v) is 4.85. The molecule has 0 fully saturated rings. The van der Waals surface area contributed by atoms with Crippen molar-refractivity contribution < 1.29 is 4.39 Å². The Bertz CT molecular complexity index is 552. The summed E-state index contributed by atoms with van der Waals surface area (Å²) in [4.78, 5) is 4.09. The number of halogens is 2. The monoisotopic (exact) mass is 278 g/mol. The van der Waals surface area contributed by atoms with Gasteiger partial charge in [-0.3, -0.25) is 4.98 Å². The first-order chi connectivity index (χ1) is 9.13. The van der Waals surface area contributed by atoms with Crippen LogP contribution in [0, 0.1) is 5.82 Å². The van der Waals surface area contributed by atoms with Gasteiger partial charge in [0.25, 0.3) is 0 Å². The Morgan fingerprint density at radius 1 is 1.37 bits per heavy atom. The second kappa shape index (κ2) is 6.13. The Hall–Kier alpha value is -1.45. The maximum Gasteiger partial charge on any atom is 0.127 e. The largest absolute Gasteiger partial charge is 0.324 e. The van der Waals surface area contributed by atoms with Gasteiger partial charge in [0, 0.05) is 29.0 Å². The van der Waals surface area contributed by atoms with E-state index in [4.69, 9.17) is 17.3 Å². The van der Waals surface area contributed by atoms with Gasteiger partial charge in [-0.1, -0.05) is 24.6 Å². The van der Waals surface area contributed by atoms with Crippen LogP contribution in [0.5, 0.6) is 0 Å². The molecular formula is C15H16ClFN2. The van der Waals surface area contributed by atoms with Crippen molar-refractivity contribution in [3.8, 4) is 0 Å². The van der Waals surface area contributed by atoms with E-state index in [9.17, 15) is 4.39 Å². The van der Waals surface area contributed by atoms with Crippen molar-refractivity contribution in [3.05, 3.63) is 64.2 Å². The number of hydrogen-bond acceptors (Lipinski definition) is 2. The van der Waals surface area contributed by atoms with Gasteiger partial charge >= 0.3 is 0 Å². The molecular weight excluding hydrogens is 263 g/mol. The number of hydrogen-bond donors (Lipinski definition) is 1.